The predicted octanol–water partition coefficient (Wildman–Crippen LogP) is 1.57. The Morgan fingerprint density at radius 3 is 3.05 bits per heavy atom. The van der Waals surface area contributed by atoms with Crippen molar-refractivity contribution >= 4 is 11.5 Å². The van der Waals surface area contributed by atoms with E-state index in [9.17, 15) is 14.5 Å². The number of fused-ring (bicyclic) bond motifs is 1. The quantitative estimate of drug-likeness (QED) is 0.664. The number of halogens is 1. The predicted molar refractivity (Wildman–Crippen MR) is 67.9 cm³/mol. The molecule has 20 heavy (non-hydrogen) atoms. The van der Waals surface area contributed by atoms with Gasteiger partial charge < -0.3 is 10.5 Å². The van der Waals surface area contributed by atoms with Gasteiger partial charge in [-0.15, -0.1) is 5.10 Å². The SMILES string of the molecule is Nc1nn(-c2c(F)cccc2[N+](=O)[O-])c2c1COCC2. The molecule has 7 nitrogen and oxygen atoms in total. The lowest BCUT2D eigenvalue weighted by Gasteiger charge is -2.14. The highest BCUT2D eigenvalue weighted by atomic mass is 19.1. The van der Waals surface area contributed by atoms with Crippen LogP contribution in [0, 0.1) is 15.9 Å². The Balaban J connectivity index is 2.27. The molecule has 1 aromatic carbocycles. The van der Waals surface area contributed by atoms with Crippen molar-refractivity contribution in [1.82, 2.24) is 9.78 Å². The smallest absolute Gasteiger partial charge is 0.297 e. The number of aromatic nitrogens is 2. The van der Waals surface area contributed by atoms with E-state index in [0.29, 0.717) is 24.3 Å². The number of para-hydroxylation sites is 1. The van der Waals surface area contributed by atoms with E-state index in [0.717, 1.165) is 6.07 Å². The van der Waals surface area contributed by atoms with Crippen LogP contribution in [0.4, 0.5) is 15.9 Å². The highest BCUT2D eigenvalue weighted by Crippen LogP contribution is 2.31. The van der Waals surface area contributed by atoms with Crippen LogP contribution in [0.25, 0.3) is 5.69 Å². The summed E-state index contributed by atoms with van der Waals surface area (Å²) in [6, 6.07) is 3.69. The minimum atomic E-state index is -0.712. The molecule has 0 unspecified atom stereocenters. The van der Waals surface area contributed by atoms with E-state index in [1.807, 2.05) is 0 Å². The summed E-state index contributed by atoms with van der Waals surface area (Å²) < 4.78 is 20.5. The molecule has 2 N–H and O–H groups in total. The number of benzene rings is 1. The molecule has 8 heteroatoms. The van der Waals surface area contributed by atoms with Gasteiger partial charge in [0.1, 0.15) is 0 Å². The van der Waals surface area contributed by atoms with Crippen molar-refractivity contribution in [2.45, 2.75) is 13.0 Å². The Morgan fingerprint density at radius 1 is 1.50 bits per heavy atom. The minimum absolute atomic E-state index is 0.188. The van der Waals surface area contributed by atoms with Crippen LogP contribution in [0.3, 0.4) is 0 Å². The Morgan fingerprint density at radius 2 is 2.30 bits per heavy atom. The monoisotopic (exact) mass is 278 g/mol. The Kier molecular flexibility index (Phi) is 2.87. The first-order valence-electron chi connectivity index (χ1n) is 5.97. The number of hydrogen-bond donors (Lipinski definition) is 1. The summed E-state index contributed by atoms with van der Waals surface area (Å²) in [5.74, 6) is -0.506. The van der Waals surface area contributed by atoms with Crippen molar-refractivity contribution in [2.75, 3.05) is 12.3 Å². The fourth-order valence-corrected chi connectivity index (χ4v) is 2.31. The summed E-state index contributed by atoms with van der Waals surface area (Å²) in [6.45, 7) is 0.726. The second kappa shape index (κ2) is 4.57. The van der Waals surface area contributed by atoms with E-state index >= 15 is 0 Å². The second-order valence-corrected chi connectivity index (χ2v) is 4.39. The lowest BCUT2D eigenvalue weighted by Crippen LogP contribution is -2.14. The normalized spacial score (nSPS) is 14.1. The van der Waals surface area contributed by atoms with Crippen LogP contribution in [0.2, 0.25) is 0 Å². The molecule has 3 rings (SSSR count). The summed E-state index contributed by atoms with van der Waals surface area (Å²) in [5.41, 5.74) is 6.55. The number of hydrogen-bond acceptors (Lipinski definition) is 5. The average molecular weight is 278 g/mol. The van der Waals surface area contributed by atoms with Gasteiger partial charge >= 0.3 is 0 Å². The van der Waals surface area contributed by atoms with Gasteiger partial charge in [0.2, 0.25) is 0 Å². The van der Waals surface area contributed by atoms with Crippen molar-refractivity contribution in [2.24, 2.45) is 0 Å². The highest BCUT2D eigenvalue weighted by molar-refractivity contribution is 5.56. The van der Waals surface area contributed by atoms with E-state index in [1.165, 1.54) is 16.8 Å². The maximum Gasteiger partial charge on any atom is 0.297 e. The first-order valence-corrected chi connectivity index (χ1v) is 5.97. The lowest BCUT2D eigenvalue weighted by molar-refractivity contribution is -0.384. The molecule has 0 radical (unpaired) electrons. The molecule has 1 aliphatic heterocycles. The number of rotatable bonds is 2. The average Bonchev–Trinajstić information content (AvgIpc) is 2.76. The second-order valence-electron chi connectivity index (χ2n) is 4.39. The molecular formula is C12H11FN4O3. The Hall–Kier alpha value is -2.48. The molecule has 1 aromatic heterocycles. The summed E-state index contributed by atoms with van der Waals surface area (Å²) in [5, 5.41) is 15.1. The Labute approximate surface area is 112 Å². The molecule has 1 aliphatic rings. The van der Waals surface area contributed by atoms with Crippen molar-refractivity contribution in [3.8, 4) is 5.69 Å². The third kappa shape index (κ3) is 1.81. The number of nitro benzene ring substituents is 1. The van der Waals surface area contributed by atoms with Gasteiger partial charge in [0.15, 0.2) is 17.3 Å². The highest BCUT2D eigenvalue weighted by Gasteiger charge is 2.27. The van der Waals surface area contributed by atoms with Gasteiger partial charge in [-0.05, 0) is 6.07 Å². The molecule has 0 bridgehead atoms. The molecule has 2 aromatic rings. The van der Waals surface area contributed by atoms with Gasteiger partial charge in [0.05, 0.1) is 23.8 Å². The lowest BCUT2D eigenvalue weighted by atomic mass is 10.1. The number of ether oxygens (including phenoxy) is 1. The molecule has 0 spiro atoms. The summed E-state index contributed by atoms with van der Waals surface area (Å²) >= 11 is 0. The van der Waals surface area contributed by atoms with Gasteiger partial charge in [0.25, 0.3) is 5.69 Å². The fraction of sp³-hybridized carbons (Fsp3) is 0.250. The van der Waals surface area contributed by atoms with Crippen LogP contribution in [0.1, 0.15) is 11.3 Å². The summed E-state index contributed by atoms with van der Waals surface area (Å²) in [4.78, 5) is 10.4. The zero-order valence-corrected chi connectivity index (χ0v) is 10.4. The summed E-state index contributed by atoms with van der Waals surface area (Å²) in [7, 11) is 0. The standard InChI is InChI=1S/C12H11FN4O3/c13-8-2-1-3-10(17(18)19)11(8)16-9-4-5-20-6-7(9)12(14)15-16/h1-3H,4-6H2,(H2,14,15). The Bertz CT molecular complexity index is 698. The number of nitrogen functional groups attached to an aromatic ring is 1. The van der Waals surface area contributed by atoms with Gasteiger partial charge in [0, 0.05) is 18.1 Å². The third-order valence-electron chi connectivity index (χ3n) is 3.22. The number of nitrogens with zero attached hydrogens (tertiary/aromatic N) is 3. The van der Waals surface area contributed by atoms with Crippen LogP contribution >= 0.6 is 0 Å². The molecule has 0 fully saturated rings. The van der Waals surface area contributed by atoms with E-state index in [4.69, 9.17) is 10.5 Å². The summed E-state index contributed by atoms with van der Waals surface area (Å²) in [6.07, 6.45) is 0.477. The zero-order valence-electron chi connectivity index (χ0n) is 10.4. The van der Waals surface area contributed by atoms with Crippen molar-refractivity contribution < 1.29 is 14.1 Å². The van der Waals surface area contributed by atoms with Crippen molar-refractivity contribution in [1.29, 1.82) is 0 Å². The molecular weight excluding hydrogens is 267 g/mol. The van der Waals surface area contributed by atoms with Gasteiger partial charge in [-0.2, -0.15) is 0 Å². The maximum atomic E-state index is 14.0. The van der Waals surface area contributed by atoms with Crippen molar-refractivity contribution in [3.05, 3.63) is 45.4 Å². The molecule has 0 amide bonds. The topological polar surface area (TPSA) is 96.2 Å². The number of nitrogens with two attached hydrogens (primary N) is 1. The molecule has 0 saturated heterocycles. The molecule has 0 saturated carbocycles. The van der Waals surface area contributed by atoms with Gasteiger partial charge in [-0.1, -0.05) is 6.07 Å². The maximum absolute atomic E-state index is 14.0. The van der Waals surface area contributed by atoms with Crippen LogP contribution in [0.15, 0.2) is 18.2 Å². The molecule has 104 valence electrons. The van der Waals surface area contributed by atoms with Crippen molar-refractivity contribution in [3.63, 3.8) is 0 Å². The zero-order chi connectivity index (χ0) is 14.3. The number of nitro groups is 1. The van der Waals surface area contributed by atoms with Crippen LogP contribution in [-0.4, -0.2) is 21.3 Å². The minimum Gasteiger partial charge on any atom is -0.382 e. The first kappa shape index (κ1) is 12.5. The van der Waals surface area contributed by atoms with Crippen LogP contribution < -0.4 is 5.73 Å². The van der Waals surface area contributed by atoms with Crippen LogP contribution in [-0.2, 0) is 17.8 Å². The van der Waals surface area contributed by atoms with E-state index in [-0.39, 0.29) is 23.8 Å². The van der Waals surface area contributed by atoms with Gasteiger partial charge in [-0.3, -0.25) is 10.1 Å². The van der Waals surface area contributed by atoms with E-state index < -0.39 is 10.7 Å². The molecule has 0 atom stereocenters. The molecule has 2 heterocycles. The van der Waals surface area contributed by atoms with Crippen LogP contribution in [0.5, 0.6) is 0 Å². The van der Waals surface area contributed by atoms with E-state index in [2.05, 4.69) is 5.10 Å². The largest absolute Gasteiger partial charge is 0.382 e. The van der Waals surface area contributed by atoms with Gasteiger partial charge in [-0.25, -0.2) is 9.07 Å². The molecule has 0 aliphatic carbocycles. The van der Waals surface area contributed by atoms with E-state index in [1.54, 1.807) is 0 Å². The first-order chi connectivity index (χ1) is 9.59. The number of anilines is 1. The third-order valence-corrected chi connectivity index (χ3v) is 3.22. The fourth-order valence-electron chi connectivity index (χ4n) is 2.31.